The molecular formula is C18H11ClN2O4. The van der Waals surface area contributed by atoms with E-state index < -0.39 is 11.6 Å². The van der Waals surface area contributed by atoms with E-state index in [-0.39, 0.29) is 17.7 Å². The molecule has 1 N–H and O–H groups in total. The van der Waals surface area contributed by atoms with Gasteiger partial charge in [-0.1, -0.05) is 29.8 Å². The zero-order chi connectivity index (χ0) is 18.0. The third-order valence-electron chi connectivity index (χ3n) is 3.69. The van der Waals surface area contributed by atoms with Crippen LogP contribution in [0, 0.1) is 11.3 Å². The number of benzene rings is 2. The molecule has 3 aromatic rings. The number of rotatable bonds is 3. The summed E-state index contributed by atoms with van der Waals surface area (Å²) in [5.41, 5.74) is 1.18. The summed E-state index contributed by atoms with van der Waals surface area (Å²) in [6, 6.07) is 13.8. The zero-order valence-electron chi connectivity index (χ0n) is 12.8. The van der Waals surface area contributed by atoms with Crippen LogP contribution in [-0.2, 0) is 6.54 Å². The van der Waals surface area contributed by atoms with Gasteiger partial charge in [0.15, 0.2) is 5.75 Å². The fourth-order valence-corrected chi connectivity index (χ4v) is 2.75. The second kappa shape index (κ2) is 6.67. The van der Waals surface area contributed by atoms with Crippen molar-refractivity contribution in [3.8, 4) is 11.8 Å². The Kier molecular flexibility index (Phi) is 4.42. The van der Waals surface area contributed by atoms with E-state index in [4.69, 9.17) is 16.7 Å². The molecule has 0 atom stereocenters. The summed E-state index contributed by atoms with van der Waals surface area (Å²) in [5, 5.41) is 18.8. The van der Waals surface area contributed by atoms with E-state index in [0.29, 0.717) is 16.1 Å². The molecule has 2 aromatic carbocycles. The molecule has 0 fully saturated rings. The van der Waals surface area contributed by atoms with E-state index in [9.17, 15) is 14.9 Å². The smallest absolute Gasteiger partial charge is 0.449 e. The molecule has 25 heavy (non-hydrogen) atoms. The molecule has 3 rings (SSSR count). The van der Waals surface area contributed by atoms with Crippen LogP contribution in [0.4, 0.5) is 4.79 Å². The molecule has 0 aliphatic carbocycles. The Balaban J connectivity index is 2.23. The quantitative estimate of drug-likeness (QED) is 0.725. The first-order valence-corrected chi connectivity index (χ1v) is 7.59. The van der Waals surface area contributed by atoms with E-state index in [0.717, 1.165) is 5.56 Å². The third kappa shape index (κ3) is 3.32. The summed E-state index contributed by atoms with van der Waals surface area (Å²) in [6.45, 7) is 0.247. The van der Waals surface area contributed by atoms with Gasteiger partial charge in [-0.3, -0.25) is 4.79 Å². The molecule has 0 radical (unpaired) electrons. The Morgan fingerprint density at radius 1 is 1.28 bits per heavy atom. The first-order chi connectivity index (χ1) is 12.0. The molecule has 7 heteroatoms. The van der Waals surface area contributed by atoms with Crippen LogP contribution in [-0.4, -0.2) is 15.8 Å². The minimum Gasteiger partial charge on any atom is -0.449 e. The molecule has 6 nitrogen and oxygen atoms in total. The lowest BCUT2D eigenvalue weighted by Crippen LogP contribution is -2.17. The number of nitrogens with zero attached hydrogens (tertiary/aromatic N) is 2. The van der Waals surface area contributed by atoms with Gasteiger partial charge in [-0.15, -0.1) is 0 Å². The largest absolute Gasteiger partial charge is 0.511 e. The van der Waals surface area contributed by atoms with Crippen LogP contribution < -0.4 is 10.2 Å². The molecule has 0 unspecified atom stereocenters. The highest BCUT2D eigenvalue weighted by molar-refractivity contribution is 6.31. The van der Waals surface area contributed by atoms with Crippen LogP contribution in [0.2, 0.25) is 5.02 Å². The lowest BCUT2D eigenvalue weighted by molar-refractivity contribution is 0.144. The molecule has 0 spiro atoms. The van der Waals surface area contributed by atoms with Crippen molar-refractivity contribution in [3.05, 3.63) is 75.0 Å². The van der Waals surface area contributed by atoms with Crippen LogP contribution >= 0.6 is 11.6 Å². The number of hydrogen-bond donors (Lipinski definition) is 1. The van der Waals surface area contributed by atoms with Crippen LogP contribution in [0.5, 0.6) is 5.75 Å². The third-order valence-corrected chi connectivity index (χ3v) is 3.92. The normalized spacial score (nSPS) is 10.4. The standard InChI is InChI=1S/C18H11ClN2O4/c19-13-5-6-14-15(7-13)21(10-16(17(14)22)25-18(23)24)9-12-4-2-1-3-11(12)8-20/h1-7,10H,9H2,(H,23,24). The average Bonchev–Trinajstić information content (AvgIpc) is 2.59. The predicted octanol–water partition coefficient (Wildman–Crippen LogP) is 3.63. The number of fused-ring (bicyclic) bond motifs is 1. The van der Waals surface area contributed by atoms with Gasteiger partial charge in [-0.05, 0) is 29.8 Å². The van der Waals surface area contributed by atoms with Crippen molar-refractivity contribution < 1.29 is 14.6 Å². The van der Waals surface area contributed by atoms with Gasteiger partial charge in [-0.25, -0.2) is 4.79 Å². The summed E-state index contributed by atoms with van der Waals surface area (Å²) in [7, 11) is 0. The lowest BCUT2D eigenvalue weighted by atomic mass is 10.1. The minimum atomic E-state index is -1.57. The lowest BCUT2D eigenvalue weighted by Gasteiger charge is -2.14. The maximum Gasteiger partial charge on any atom is 0.511 e. The van der Waals surface area contributed by atoms with Crippen molar-refractivity contribution in [1.82, 2.24) is 4.57 Å². The molecule has 1 aromatic heterocycles. The summed E-state index contributed by atoms with van der Waals surface area (Å²) >= 11 is 6.04. The predicted molar refractivity (Wildman–Crippen MR) is 92.1 cm³/mol. The molecule has 0 aliphatic rings. The number of carbonyl (C=O) groups is 1. The molecular weight excluding hydrogens is 344 g/mol. The Morgan fingerprint density at radius 2 is 2.04 bits per heavy atom. The van der Waals surface area contributed by atoms with Crippen LogP contribution in [0.3, 0.4) is 0 Å². The van der Waals surface area contributed by atoms with Gasteiger partial charge >= 0.3 is 6.16 Å². The Morgan fingerprint density at radius 3 is 2.76 bits per heavy atom. The summed E-state index contributed by atoms with van der Waals surface area (Å²) in [4.78, 5) is 23.3. The Hall–Kier alpha value is -3.30. The number of carboxylic acid groups (broad SMARTS) is 1. The van der Waals surface area contributed by atoms with Crippen LogP contribution in [0.1, 0.15) is 11.1 Å². The van der Waals surface area contributed by atoms with Gasteiger partial charge < -0.3 is 14.4 Å². The van der Waals surface area contributed by atoms with Gasteiger partial charge in [0, 0.05) is 17.0 Å². The van der Waals surface area contributed by atoms with E-state index >= 15 is 0 Å². The highest BCUT2D eigenvalue weighted by atomic mass is 35.5. The monoisotopic (exact) mass is 354 g/mol. The molecule has 0 amide bonds. The number of hydrogen-bond acceptors (Lipinski definition) is 4. The molecule has 0 aliphatic heterocycles. The van der Waals surface area contributed by atoms with Gasteiger partial charge in [-0.2, -0.15) is 5.26 Å². The maximum atomic E-state index is 12.4. The Bertz CT molecular complexity index is 1080. The number of aromatic nitrogens is 1. The highest BCUT2D eigenvalue weighted by Crippen LogP contribution is 2.22. The van der Waals surface area contributed by atoms with Gasteiger partial charge in [0.1, 0.15) is 0 Å². The zero-order valence-corrected chi connectivity index (χ0v) is 13.5. The fourth-order valence-electron chi connectivity index (χ4n) is 2.59. The first-order valence-electron chi connectivity index (χ1n) is 7.21. The van der Waals surface area contributed by atoms with Gasteiger partial charge in [0.05, 0.1) is 23.3 Å². The number of halogens is 1. The van der Waals surface area contributed by atoms with Crippen LogP contribution in [0.25, 0.3) is 10.9 Å². The van der Waals surface area contributed by atoms with Crippen molar-refractivity contribution in [1.29, 1.82) is 5.26 Å². The molecule has 0 bridgehead atoms. The second-order valence-electron chi connectivity index (χ2n) is 5.25. The topological polar surface area (TPSA) is 92.3 Å². The van der Waals surface area contributed by atoms with E-state index in [1.165, 1.54) is 12.3 Å². The van der Waals surface area contributed by atoms with Gasteiger partial charge in [0.25, 0.3) is 0 Å². The SMILES string of the molecule is N#Cc1ccccc1Cn1cc(OC(=O)O)c(=O)c2ccc(Cl)cc21. The second-order valence-corrected chi connectivity index (χ2v) is 5.69. The van der Waals surface area contributed by atoms with E-state index in [1.54, 1.807) is 41.0 Å². The number of nitriles is 1. The van der Waals surface area contributed by atoms with Crippen molar-refractivity contribution >= 4 is 28.7 Å². The summed E-state index contributed by atoms with van der Waals surface area (Å²) in [5.74, 6) is -0.309. The first kappa shape index (κ1) is 16.6. The number of ether oxygens (including phenoxy) is 1. The van der Waals surface area contributed by atoms with Crippen molar-refractivity contribution in [3.63, 3.8) is 0 Å². The molecule has 1 heterocycles. The summed E-state index contributed by atoms with van der Waals surface area (Å²) < 4.78 is 6.24. The highest BCUT2D eigenvalue weighted by Gasteiger charge is 2.14. The fraction of sp³-hybridized carbons (Fsp3) is 0.0556. The van der Waals surface area contributed by atoms with Crippen molar-refractivity contribution in [2.24, 2.45) is 0 Å². The number of pyridine rings is 1. The van der Waals surface area contributed by atoms with Crippen molar-refractivity contribution in [2.45, 2.75) is 6.54 Å². The maximum absolute atomic E-state index is 12.4. The van der Waals surface area contributed by atoms with E-state index in [2.05, 4.69) is 10.8 Å². The van der Waals surface area contributed by atoms with Crippen molar-refractivity contribution in [2.75, 3.05) is 0 Å². The molecule has 0 saturated carbocycles. The summed E-state index contributed by atoms with van der Waals surface area (Å²) in [6.07, 6.45) is -0.266. The Labute approximate surface area is 147 Å². The molecule has 0 saturated heterocycles. The average molecular weight is 355 g/mol. The van der Waals surface area contributed by atoms with E-state index in [1.807, 2.05) is 0 Å². The van der Waals surface area contributed by atoms with Gasteiger partial charge in [0.2, 0.25) is 5.43 Å². The molecule has 124 valence electrons. The minimum absolute atomic E-state index is 0.247. The van der Waals surface area contributed by atoms with Crippen LogP contribution in [0.15, 0.2) is 53.5 Å².